The van der Waals surface area contributed by atoms with Gasteiger partial charge in [-0.3, -0.25) is 49.1 Å². The number of carbonyl (C=O) groups is 7. The fourth-order valence-corrected chi connectivity index (χ4v) is 10.2. The number of amides is 7. The summed E-state index contributed by atoms with van der Waals surface area (Å²) in [7, 11) is -3.45. The van der Waals surface area contributed by atoms with Gasteiger partial charge >= 0.3 is 0 Å². The number of hydrogen-bond donors (Lipinski definition) is 6. The van der Waals surface area contributed by atoms with Gasteiger partial charge in [-0.1, -0.05) is 42.5 Å². The van der Waals surface area contributed by atoms with E-state index >= 15 is 0 Å². The molecule has 22 heteroatoms. The van der Waals surface area contributed by atoms with Crippen LogP contribution in [-0.4, -0.2) is 141 Å². The predicted molar refractivity (Wildman–Crippen MR) is 250 cm³/mol. The van der Waals surface area contributed by atoms with E-state index in [1.54, 1.807) is 48.2 Å². The van der Waals surface area contributed by atoms with Crippen molar-refractivity contribution in [2.45, 2.75) is 62.1 Å². The van der Waals surface area contributed by atoms with Gasteiger partial charge in [0, 0.05) is 69.2 Å². The van der Waals surface area contributed by atoms with Gasteiger partial charge in [-0.05, 0) is 55.5 Å². The fourth-order valence-electron chi connectivity index (χ4n) is 8.22. The number of piperidine rings is 1. The van der Waals surface area contributed by atoms with Crippen molar-refractivity contribution >= 4 is 68.8 Å². The van der Waals surface area contributed by atoms with Crippen molar-refractivity contribution in [1.82, 2.24) is 35.8 Å². The molecular formula is C46H56N8O12S2. The lowest BCUT2D eigenvalue weighted by molar-refractivity contribution is -0.136. The highest BCUT2D eigenvalue weighted by molar-refractivity contribution is 8.00. The number of nitrogens with zero attached hydrogens (tertiary/aromatic N) is 2. The van der Waals surface area contributed by atoms with Gasteiger partial charge < -0.3 is 35.5 Å². The first-order valence-corrected chi connectivity index (χ1v) is 25.4. The van der Waals surface area contributed by atoms with Crippen molar-refractivity contribution in [2.24, 2.45) is 5.92 Å². The molecule has 364 valence electrons. The third-order valence-corrected chi connectivity index (χ3v) is 14.2. The molecule has 3 saturated heterocycles. The van der Waals surface area contributed by atoms with Gasteiger partial charge in [-0.25, -0.2) is 12.7 Å². The molecule has 0 saturated carbocycles. The van der Waals surface area contributed by atoms with Gasteiger partial charge in [0.15, 0.2) is 0 Å². The minimum Gasteiger partial charge on any atom is -0.492 e. The molecule has 0 bridgehead atoms. The zero-order valence-electron chi connectivity index (χ0n) is 37.5. The van der Waals surface area contributed by atoms with Crippen LogP contribution in [-0.2, 0) is 38.7 Å². The zero-order chi connectivity index (χ0) is 48.2. The van der Waals surface area contributed by atoms with Crippen molar-refractivity contribution in [3.05, 3.63) is 89.5 Å². The molecule has 4 aliphatic rings. The van der Waals surface area contributed by atoms with Crippen LogP contribution in [0.15, 0.2) is 72.8 Å². The number of imide groups is 2. The molecule has 3 aromatic carbocycles. The lowest BCUT2D eigenvalue weighted by Gasteiger charge is -2.27. The number of nitrogens with one attached hydrogen (secondary N) is 6. The SMILES string of the molecule is CS(=O)(=O)N1CCC(C(=O)N[C@@H](CCOCCCC(=O)NCCOc2cccc(OCCNc3cccc4c3C(=O)N(C3CCC(=O)NC3=O)C4=O)c2)C(=O)NC2NC(c3ccccc3)CS2)C1. The Labute approximate surface area is 398 Å². The molecule has 68 heavy (non-hydrogen) atoms. The molecular weight excluding hydrogens is 921 g/mol. The summed E-state index contributed by atoms with van der Waals surface area (Å²) in [6.45, 7) is 1.58. The van der Waals surface area contributed by atoms with Gasteiger partial charge in [0.1, 0.15) is 42.3 Å². The summed E-state index contributed by atoms with van der Waals surface area (Å²) in [5.41, 5.74) is 1.48. The molecule has 7 rings (SSSR count). The first-order valence-electron chi connectivity index (χ1n) is 22.5. The molecule has 0 radical (unpaired) electrons. The van der Waals surface area contributed by atoms with E-state index < -0.39 is 57.6 Å². The predicted octanol–water partition coefficient (Wildman–Crippen LogP) is 1.50. The van der Waals surface area contributed by atoms with Crippen LogP contribution in [0.5, 0.6) is 11.5 Å². The standard InChI is InChI=1S/C46H56N8O12S2/c1-68(62,63)53-21-17-30(27-53)41(57)49-35(42(58)52-46-50-36(28-67-46)29-8-3-2-4-9-29)18-23-64-22-7-14-38(55)48-20-25-66-32-11-5-10-31(26-32)65-24-19-47-34-13-6-12-33-40(34)45(61)54(44(33)60)37-15-16-39(56)51-43(37)59/h2-6,8-13,26,30,35-37,46-47,50H,7,14-25,27-28H2,1H3,(H,48,55)(H,49,57)(H,52,58)(H,51,56,59)/t30?,35-,36?,37?,46?/m0/s1. The fraction of sp³-hybridized carbons (Fsp3) is 0.457. The number of benzene rings is 3. The van der Waals surface area contributed by atoms with Gasteiger partial charge in [0.05, 0.1) is 29.8 Å². The lowest BCUT2D eigenvalue weighted by Crippen LogP contribution is -2.54. The Morgan fingerprint density at radius 3 is 2.37 bits per heavy atom. The molecule has 5 atom stereocenters. The third-order valence-electron chi connectivity index (χ3n) is 11.8. The van der Waals surface area contributed by atoms with Gasteiger partial charge in [0.2, 0.25) is 39.6 Å². The van der Waals surface area contributed by atoms with Gasteiger partial charge in [-0.2, -0.15) is 0 Å². The molecule has 4 unspecified atom stereocenters. The normalized spacial score (nSPS) is 20.9. The van der Waals surface area contributed by atoms with E-state index in [2.05, 4.69) is 31.9 Å². The molecule has 0 aromatic heterocycles. The van der Waals surface area contributed by atoms with Crippen molar-refractivity contribution < 1.29 is 56.2 Å². The number of sulfonamides is 1. The van der Waals surface area contributed by atoms with E-state index in [-0.39, 0.29) is 113 Å². The quantitative estimate of drug-likeness (QED) is 0.0582. The molecule has 7 amide bonds. The van der Waals surface area contributed by atoms with Crippen LogP contribution >= 0.6 is 11.8 Å². The topological polar surface area (TPSA) is 260 Å². The molecule has 3 aromatic rings. The first kappa shape index (κ1) is 49.8. The second-order valence-electron chi connectivity index (χ2n) is 16.6. The highest BCUT2D eigenvalue weighted by Gasteiger charge is 2.45. The van der Waals surface area contributed by atoms with Crippen molar-refractivity contribution in [3.8, 4) is 11.5 Å². The summed E-state index contributed by atoms with van der Waals surface area (Å²) >= 11 is 1.55. The van der Waals surface area contributed by atoms with E-state index in [1.165, 1.54) is 10.4 Å². The Kier molecular flexibility index (Phi) is 17.1. The molecule has 0 spiro atoms. The van der Waals surface area contributed by atoms with E-state index in [0.29, 0.717) is 30.0 Å². The maximum absolute atomic E-state index is 13.5. The highest BCUT2D eigenvalue weighted by Crippen LogP contribution is 2.33. The van der Waals surface area contributed by atoms with Crippen LogP contribution in [0.25, 0.3) is 0 Å². The summed E-state index contributed by atoms with van der Waals surface area (Å²) in [6.07, 6.45) is 2.33. The summed E-state index contributed by atoms with van der Waals surface area (Å²) in [5.74, 6) is -2.08. The Hall–Kier alpha value is -6.07. The maximum Gasteiger partial charge on any atom is 0.264 e. The van der Waals surface area contributed by atoms with Gasteiger partial charge in [0.25, 0.3) is 11.8 Å². The number of hydrogen-bond acceptors (Lipinski definition) is 15. The molecule has 20 nitrogen and oxygen atoms in total. The van der Waals surface area contributed by atoms with Crippen LogP contribution in [0.2, 0.25) is 0 Å². The molecule has 4 aliphatic heterocycles. The van der Waals surface area contributed by atoms with Crippen molar-refractivity contribution in [3.63, 3.8) is 0 Å². The summed E-state index contributed by atoms with van der Waals surface area (Å²) in [4.78, 5) is 90.7. The Balaban J connectivity index is 0.780. The Morgan fingerprint density at radius 1 is 0.882 bits per heavy atom. The summed E-state index contributed by atoms with van der Waals surface area (Å²) in [6, 6.07) is 19.8. The molecule has 6 N–H and O–H groups in total. The average Bonchev–Trinajstić information content (AvgIpc) is 4.07. The van der Waals surface area contributed by atoms with E-state index in [1.807, 2.05) is 30.3 Å². The molecule has 0 aliphatic carbocycles. The van der Waals surface area contributed by atoms with Crippen LogP contribution in [0.1, 0.15) is 70.8 Å². The number of fused-ring (bicyclic) bond motifs is 1. The van der Waals surface area contributed by atoms with Crippen LogP contribution < -0.4 is 41.4 Å². The number of ether oxygens (including phenoxy) is 3. The number of carbonyl (C=O) groups excluding carboxylic acids is 7. The van der Waals surface area contributed by atoms with Crippen LogP contribution in [0.4, 0.5) is 5.69 Å². The van der Waals surface area contributed by atoms with Gasteiger partial charge in [-0.15, -0.1) is 11.8 Å². The number of anilines is 1. The number of rotatable bonds is 23. The van der Waals surface area contributed by atoms with E-state index in [4.69, 9.17) is 14.2 Å². The van der Waals surface area contributed by atoms with Crippen molar-refractivity contribution in [2.75, 3.05) is 69.9 Å². The first-order chi connectivity index (χ1) is 32.7. The molecule has 3 fully saturated rings. The lowest BCUT2D eigenvalue weighted by atomic mass is 10.0. The smallest absolute Gasteiger partial charge is 0.264 e. The van der Waals surface area contributed by atoms with Crippen LogP contribution in [0.3, 0.4) is 0 Å². The van der Waals surface area contributed by atoms with Crippen molar-refractivity contribution in [1.29, 1.82) is 0 Å². The second kappa shape index (κ2) is 23.3. The third kappa shape index (κ3) is 13.1. The highest BCUT2D eigenvalue weighted by atomic mass is 32.2. The Morgan fingerprint density at radius 2 is 1.63 bits per heavy atom. The summed E-state index contributed by atoms with van der Waals surface area (Å²) in [5, 5.41) is 17.4. The summed E-state index contributed by atoms with van der Waals surface area (Å²) < 4.78 is 42.8. The largest absolute Gasteiger partial charge is 0.492 e. The Bertz CT molecular complexity index is 2460. The monoisotopic (exact) mass is 976 g/mol. The van der Waals surface area contributed by atoms with Crippen LogP contribution in [0, 0.1) is 5.92 Å². The zero-order valence-corrected chi connectivity index (χ0v) is 39.2. The minimum absolute atomic E-state index is 0.0306. The van der Waals surface area contributed by atoms with E-state index in [0.717, 1.165) is 22.5 Å². The number of thioether (sulfide) groups is 1. The van der Waals surface area contributed by atoms with E-state index in [9.17, 15) is 42.0 Å². The second-order valence-corrected chi connectivity index (χ2v) is 19.8. The minimum atomic E-state index is -3.45. The maximum atomic E-state index is 13.5. The average molecular weight is 977 g/mol. The molecule has 4 heterocycles.